The Hall–Kier alpha value is -3.98. The number of fused-ring (bicyclic) bond motifs is 1. The van der Waals surface area contributed by atoms with E-state index >= 15 is 0 Å². The lowest BCUT2D eigenvalue weighted by atomic mass is 10.0. The molecule has 0 aliphatic heterocycles. The number of hydrogen-bond donors (Lipinski definition) is 2. The lowest BCUT2D eigenvalue weighted by Crippen LogP contribution is -2.20. The Labute approximate surface area is 196 Å². The fourth-order valence-corrected chi connectivity index (χ4v) is 3.46. The minimum absolute atomic E-state index is 0.0735. The number of carbonyl (C=O) groups is 2. The Balaban J connectivity index is 1.45. The van der Waals surface area contributed by atoms with Gasteiger partial charge in [0.2, 0.25) is 0 Å². The van der Waals surface area contributed by atoms with Crippen molar-refractivity contribution in [2.24, 2.45) is 0 Å². The second-order valence-corrected chi connectivity index (χ2v) is 7.80. The number of carbonyl (C=O) groups excluding carboxylic acids is 2. The number of urea groups is 1. The third-order valence-electron chi connectivity index (χ3n) is 4.86. The molecule has 4 aromatic rings. The van der Waals surface area contributed by atoms with Gasteiger partial charge in [0.1, 0.15) is 0 Å². The lowest BCUT2D eigenvalue weighted by molar-refractivity contribution is -0.137. The molecule has 0 fully saturated rings. The van der Waals surface area contributed by atoms with Gasteiger partial charge in [-0.3, -0.25) is 9.78 Å². The second-order valence-electron chi connectivity index (χ2n) is 7.39. The van der Waals surface area contributed by atoms with Gasteiger partial charge in [-0.25, -0.2) is 9.78 Å². The van der Waals surface area contributed by atoms with Crippen LogP contribution >= 0.6 is 11.6 Å². The Morgan fingerprint density at radius 2 is 1.50 bits per heavy atom. The van der Waals surface area contributed by atoms with Gasteiger partial charge in [0.05, 0.1) is 27.3 Å². The van der Waals surface area contributed by atoms with Crippen LogP contribution in [-0.4, -0.2) is 21.8 Å². The van der Waals surface area contributed by atoms with Crippen LogP contribution < -0.4 is 10.6 Å². The number of nitrogens with one attached hydrogen (secondary N) is 2. The van der Waals surface area contributed by atoms with Crippen molar-refractivity contribution < 1.29 is 22.8 Å². The van der Waals surface area contributed by atoms with Gasteiger partial charge < -0.3 is 10.6 Å². The van der Waals surface area contributed by atoms with Crippen LogP contribution in [0.5, 0.6) is 0 Å². The van der Waals surface area contributed by atoms with E-state index in [0.717, 1.165) is 17.8 Å². The van der Waals surface area contributed by atoms with Crippen molar-refractivity contribution >= 4 is 45.8 Å². The van der Waals surface area contributed by atoms with E-state index in [2.05, 4.69) is 20.6 Å². The maximum atomic E-state index is 13.0. The zero-order valence-electron chi connectivity index (χ0n) is 17.6. The number of hydrogen-bond acceptors (Lipinski definition) is 4. The highest BCUT2D eigenvalue weighted by Crippen LogP contribution is 2.36. The molecule has 2 amide bonds. The van der Waals surface area contributed by atoms with Gasteiger partial charge in [-0.15, -0.1) is 0 Å². The number of benzene rings is 3. The molecule has 0 saturated heterocycles. The first-order chi connectivity index (χ1) is 16.1. The molecule has 1 aromatic heterocycles. The van der Waals surface area contributed by atoms with Crippen molar-refractivity contribution in [2.45, 2.75) is 13.1 Å². The van der Waals surface area contributed by atoms with Crippen LogP contribution in [0.2, 0.25) is 5.02 Å². The van der Waals surface area contributed by atoms with Gasteiger partial charge in [-0.2, -0.15) is 13.2 Å². The second kappa shape index (κ2) is 9.11. The third-order valence-corrected chi connectivity index (χ3v) is 5.19. The third kappa shape index (κ3) is 5.15. The summed E-state index contributed by atoms with van der Waals surface area (Å²) in [4.78, 5) is 33.7. The van der Waals surface area contributed by atoms with Crippen molar-refractivity contribution in [1.82, 2.24) is 9.97 Å². The van der Waals surface area contributed by atoms with Gasteiger partial charge >= 0.3 is 12.2 Å². The Morgan fingerprint density at radius 3 is 2.21 bits per heavy atom. The molecular weight excluding hydrogens is 469 g/mol. The molecule has 0 atom stereocenters. The molecule has 6 nitrogen and oxygen atoms in total. The smallest absolute Gasteiger partial charge is 0.308 e. The van der Waals surface area contributed by atoms with Crippen molar-refractivity contribution in [3.05, 3.63) is 94.3 Å². The number of rotatable bonds is 4. The Bertz CT molecular complexity index is 1410. The first-order valence-electron chi connectivity index (χ1n) is 9.93. The van der Waals surface area contributed by atoms with E-state index in [-0.39, 0.29) is 11.5 Å². The largest absolute Gasteiger partial charge is 0.417 e. The topological polar surface area (TPSA) is 84.0 Å². The van der Waals surface area contributed by atoms with Gasteiger partial charge in [-0.05, 0) is 67.6 Å². The molecule has 0 bridgehead atoms. The highest BCUT2D eigenvalue weighted by Gasteiger charge is 2.33. The quantitative estimate of drug-likeness (QED) is 0.324. The maximum Gasteiger partial charge on any atom is 0.417 e. The molecule has 4 rings (SSSR count). The number of nitrogens with zero attached hydrogens (tertiary/aromatic N) is 2. The van der Waals surface area contributed by atoms with Crippen LogP contribution in [0.1, 0.15) is 27.2 Å². The predicted octanol–water partition coefficient (Wildman–Crippen LogP) is 6.49. The van der Waals surface area contributed by atoms with E-state index in [4.69, 9.17) is 11.6 Å². The molecule has 2 N–H and O–H groups in total. The van der Waals surface area contributed by atoms with E-state index in [1.807, 2.05) is 6.92 Å². The summed E-state index contributed by atoms with van der Waals surface area (Å²) in [7, 11) is 0. The van der Waals surface area contributed by atoms with Gasteiger partial charge in [-0.1, -0.05) is 11.6 Å². The van der Waals surface area contributed by atoms with Crippen molar-refractivity contribution in [2.75, 3.05) is 10.6 Å². The summed E-state index contributed by atoms with van der Waals surface area (Å²) in [5, 5.41) is 4.37. The molecule has 3 aromatic carbocycles. The molecule has 0 radical (unpaired) electrons. The van der Waals surface area contributed by atoms with Gasteiger partial charge in [0.15, 0.2) is 5.78 Å². The number of amides is 2. The molecule has 172 valence electrons. The Kier molecular flexibility index (Phi) is 6.21. The number of anilines is 2. The summed E-state index contributed by atoms with van der Waals surface area (Å²) < 4.78 is 39.0. The van der Waals surface area contributed by atoms with Crippen LogP contribution in [-0.2, 0) is 6.18 Å². The summed E-state index contributed by atoms with van der Waals surface area (Å²) in [6, 6.07) is 13.5. The minimum Gasteiger partial charge on any atom is -0.308 e. The van der Waals surface area contributed by atoms with Crippen LogP contribution in [0.3, 0.4) is 0 Å². The van der Waals surface area contributed by atoms with E-state index in [0.29, 0.717) is 27.8 Å². The zero-order chi connectivity index (χ0) is 24.5. The number of ketones is 1. The average molecular weight is 485 g/mol. The summed E-state index contributed by atoms with van der Waals surface area (Å²) >= 11 is 5.58. The fourth-order valence-electron chi connectivity index (χ4n) is 3.23. The standard InChI is InChI=1S/C24H16ClF3N4O2/c1-13-12-29-20-9-4-15(10-21(20)30-13)22(33)14-2-5-16(6-3-14)31-23(34)32-17-7-8-19(25)18(11-17)24(26,27)28/h2-12H,1H3,(H2,31,32,34). The normalized spacial score (nSPS) is 11.3. The SMILES string of the molecule is Cc1cnc2ccc(C(=O)c3ccc(NC(=O)Nc4ccc(Cl)c(C(F)(F)F)c4)cc3)cc2n1. The molecule has 0 unspecified atom stereocenters. The highest BCUT2D eigenvalue weighted by atomic mass is 35.5. The van der Waals surface area contributed by atoms with Crippen molar-refractivity contribution in [1.29, 1.82) is 0 Å². The first-order valence-corrected chi connectivity index (χ1v) is 10.3. The monoisotopic (exact) mass is 484 g/mol. The number of aromatic nitrogens is 2. The summed E-state index contributed by atoms with van der Waals surface area (Å²) in [5.74, 6) is -0.234. The van der Waals surface area contributed by atoms with E-state index in [1.54, 1.807) is 24.4 Å². The number of halogens is 4. The molecule has 1 heterocycles. The summed E-state index contributed by atoms with van der Waals surface area (Å²) in [5.41, 5.74) is 2.07. The van der Waals surface area contributed by atoms with E-state index in [9.17, 15) is 22.8 Å². The molecule has 0 spiro atoms. The molecule has 0 saturated carbocycles. The van der Waals surface area contributed by atoms with Crippen LogP contribution in [0.4, 0.5) is 29.3 Å². The van der Waals surface area contributed by atoms with Crippen LogP contribution in [0.15, 0.2) is 66.9 Å². The molecule has 34 heavy (non-hydrogen) atoms. The highest BCUT2D eigenvalue weighted by molar-refractivity contribution is 6.31. The lowest BCUT2D eigenvalue weighted by Gasteiger charge is -2.12. The zero-order valence-corrected chi connectivity index (χ0v) is 18.3. The van der Waals surface area contributed by atoms with E-state index < -0.39 is 22.8 Å². The number of aryl methyl sites for hydroxylation is 1. The molecular formula is C24H16ClF3N4O2. The minimum atomic E-state index is -4.65. The Morgan fingerprint density at radius 1 is 0.853 bits per heavy atom. The molecule has 10 heteroatoms. The van der Waals surface area contributed by atoms with Gasteiger partial charge in [0, 0.05) is 28.7 Å². The molecule has 0 aliphatic carbocycles. The molecule has 0 aliphatic rings. The van der Waals surface area contributed by atoms with Gasteiger partial charge in [0.25, 0.3) is 0 Å². The summed E-state index contributed by atoms with van der Waals surface area (Å²) in [6.45, 7) is 1.81. The van der Waals surface area contributed by atoms with Crippen LogP contribution in [0, 0.1) is 6.92 Å². The van der Waals surface area contributed by atoms with Crippen molar-refractivity contribution in [3.63, 3.8) is 0 Å². The maximum absolute atomic E-state index is 13.0. The van der Waals surface area contributed by atoms with E-state index in [1.165, 1.54) is 30.3 Å². The fraction of sp³-hybridized carbons (Fsp3) is 0.0833. The summed E-state index contributed by atoms with van der Waals surface area (Å²) in [6.07, 6.45) is -3.00. The number of alkyl halides is 3. The average Bonchev–Trinajstić information content (AvgIpc) is 2.79. The van der Waals surface area contributed by atoms with Crippen molar-refractivity contribution in [3.8, 4) is 0 Å². The first kappa shape index (κ1) is 23.2. The van der Waals surface area contributed by atoms with Crippen LogP contribution in [0.25, 0.3) is 11.0 Å². The predicted molar refractivity (Wildman–Crippen MR) is 123 cm³/mol.